The van der Waals surface area contributed by atoms with Gasteiger partial charge in [0.15, 0.2) is 0 Å². The zero-order valence-corrected chi connectivity index (χ0v) is 19.1. The molecular formula is C25H31N5O3. The van der Waals surface area contributed by atoms with E-state index in [4.69, 9.17) is 20.5 Å². The van der Waals surface area contributed by atoms with Gasteiger partial charge in [0.1, 0.15) is 6.10 Å². The van der Waals surface area contributed by atoms with Crippen LogP contribution >= 0.6 is 0 Å². The van der Waals surface area contributed by atoms with Gasteiger partial charge in [0.05, 0.1) is 38.3 Å². The Balaban J connectivity index is 0.000000253. The molecule has 1 amide bonds. The molecule has 2 aromatic rings. The quantitative estimate of drug-likeness (QED) is 0.718. The Morgan fingerprint density at radius 1 is 1.21 bits per heavy atom. The molecule has 0 radical (unpaired) electrons. The van der Waals surface area contributed by atoms with Crippen molar-refractivity contribution in [3.63, 3.8) is 0 Å². The summed E-state index contributed by atoms with van der Waals surface area (Å²) in [5, 5.41) is 11.4. The highest BCUT2D eigenvalue weighted by Crippen LogP contribution is 2.49. The lowest BCUT2D eigenvalue weighted by molar-refractivity contribution is 0.142. The number of ether oxygens (including phenoxy) is 2. The van der Waals surface area contributed by atoms with Crippen LogP contribution in [0, 0.1) is 29.1 Å². The first-order valence-corrected chi connectivity index (χ1v) is 11.3. The Morgan fingerprint density at radius 3 is 2.52 bits per heavy atom. The number of carbonyl (C=O) groups excluding carboxylic acids is 1. The average molecular weight is 450 g/mol. The van der Waals surface area contributed by atoms with Crippen LogP contribution in [-0.2, 0) is 9.47 Å². The van der Waals surface area contributed by atoms with Gasteiger partial charge in [-0.2, -0.15) is 5.26 Å². The number of nitrogens with zero attached hydrogens (tertiary/aromatic N) is 3. The fraction of sp³-hybridized carbons (Fsp3) is 0.400. The second-order valence-electron chi connectivity index (χ2n) is 7.69. The Kier molecular flexibility index (Phi) is 8.67. The number of pyridine rings is 1. The number of hydrogen-bond donors (Lipinski definition) is 2. The van der Waals surface area contributed by atoms with E-state index in [9.17, 15) is 4.79 Å². The molecule has 8 heteroatoms. The molecule has 5 rings (SSSR count). The van der Waals surface area contributed by atoms with Crippen LogP contribution in [-0.4, -0.2) is 43.5 Å². The van der Waals surface area contributed by atoms with Crippen LogP contribution in [0.25, 0.3) is 11.1 Å². The van der Waals surface area contributed by atoms with Crippen molar-refractivity contribution in [3.05, 3.63) is 61.2 Å². The van der Waals surface area contributed by atoms with Crippen LogP contribution in [0.4, 0.5) is 10.5 Å². The van der Waals surface area contributed by atoms with Gasteiger partial charge in [-0.25, -0.2) is 4.79 Å². The number of nitrogens with two attached hydrogens (primary N) is 1. The van der Waals surface area contributed by atoms with Gasteiger partial charge < -0.3 is 20.5 Å². The number of aromatic nitrogens is 1. The summed E-state index contributed by atoms with van der Waals surface area (Å²) in [6.45, 7) is 6.71. The highest BCUT2D eigenvalue weighted by molar-refractivity contribution is 5.90. The van der Waals surface area contributed by atoms with E-state index in [1.54, 1.807) is 17.3 Å². The number of fused-ring (bicyclic) bond motifs is 1. The van der Waals surface area contributed by atoms with Gasteiger partial charge in [-0.15, -0.1) is 0 Å². The molecule has 3 heterocycles. The molecule has 0 bridgehead atoms. The molecule has 4 atom stereocenters. The largest absolute Gasteiger partial charge is 0.442 e. The van der Waals surface area contributed by atoms with Crippen molar-refractivity contribution in [1.29, 1.82) is 5.26 Å². The molecule has 33 heavy (non-hydrogen) atoms. The van der Waals surface area contributed by atoms with Crippen molar-refractivity contribution in [3.8, 4) is 17.2 Å². The number of hydrogen-bond acceptors (Lipinski definition) is 7. The summed E-state index contributed by atoms with van der Waals surface area (Å²) < 4.78 is 10.4. The van der Waals surface area contributed by atoms with E-state index in [0.717, 1.165) is 30.0 Å². The van der Waals surface area contributed by atoms with E-state index in [-0.39, 0.29) is 12.2 Å². The number of nitrogens with one attached hydrogen (secondary N) is 1. The van der Waals surface area contributed by atoms with Crippen molar-refractivity contribution in [1.82, 2.24) is 10.3 Å². The summed E-state index contributed by atoms with van der Waals surface area (Å²) in [7, 11) is 0. The maximum absolute atomic E-state index is 12.0. The van der Waals surface area contributed by atoms with Crippen LogP contribution in [0.2, 0.25) is 0 Å². The number of anilines is 1. The molecule has 1 aromatic carbocycles. The molecule has 174 valence electrons. The minimum absolute atomic E-state index is 0.198. The predicted molar refractivity (Wildman–Crippen MR) is 127 cm³/mol. The van der Waals surface area contributed by atoms with E-state index in [2.05, 4.69) is 16.4 Å². The average Bonchev–Trinajstić information content (AvgIpc) is 3.14. The summed E-state index contributed by atoms with van der Waals surface area (Å²) in [4.78, 5) is 17.7. The summed E-state index contributed by atoms with van der Waals surface area (Å²) in [5.74, 6) is 1.57. The summed E-state index contributed by atoms with van der Waals surface area (Å²) in [6.07, 6.45) is 6.06. The number of benzene rings is 1. The molecule has 2 aliphatic heterocycles. The molecule has 2 saturated heterocycles. The Labute approximate surface area is 195 Å². The van der Waals surface area contributed by atoms with Crippen LogP contribution in [0.15, 0.2) is 61.2 Å². The van der Waals surface area contributed by atoms with Crippen molar-refractivity contribution in [2.45, 2.75) is 20.0 Å². The molecule has 1 saturated carbocycles. The third-order valence-electron chi connectivity index (χ3n) is 5.71. The van der Waals surface area contributed by atoms with Crippen LogP contribution in [0.3, 0.4) is 0 Å². The minimum atomic E-state index is -0.331. The van der Waals surface area contributed by atoms with Crippen LogP contribution < -0.4 is 16.0 Å². The second kappa shape index (κ2) is 11.9. The first kappa shape index (κ1) is 24.1. The van der Waals surface area contributed by atoms with Gasteiger partial charge in [-0.05, 0) is 29.3 Å². The van der Waals surface area contributed by atoms with E-state index in [0.29, 0.717) is 30.8 Å². The number of cyclic esters (lactones) is 1. The number of rotatable bonds is 5. The monoisotopic (exact) mass is 449 g/mol. The Morgan fingerprint density at radius 2 is 1.94 bits per heavy atom. The van der Waals surface area contributed by atoms with E-state index >= 15 is 0 Å². The van der Waals surface area contributed by atoms with Gasteiger partial charge in [-0.1, -0.05) is 32.0 Å². The third kappa shape index (κ3) is 6.02. The normalized spacial score (nSPS) is 24.5. The lowest BCUT2D eigenvalue weighted by atomic mass is 10.1. The molecule has 8 nitrogen and oxygen atoms in total. The van der Waals surface area contributed by atoms with Crippen LogP contribution in [0.1, 0.15) is 13.8 Å². The summed E-state index contributed by atoms with van der Waals surface area (Å²) >= 11 is 0. The highest BCUT2D eigenvalue weighted by atomic mass is 16.6. The lowest BCUT2D eigenvalue weighted by Crippen LogP contribution is -2.28. The fourth-order valence-corrected chi connectivity index (χ4v) is 3.90. The smallest absolute Gasteiger partial charge is 0.414 e. The molecule has 3 fully saturated rings. The summed E-state index contributed by atoms with van der Waals surface area (Å²) in [5.41, 5.74) is 8.17. The highest BCUT2D eigenvalue weighted by Gasteiger charge is 2.54. The molecule has 2 unspecified atom stereocenters. The second-order valence-corrected chi connectivity index (χ2v) is 7.69. The SMILES string of the molecule is CC.N#CC1[C@H]2COC[C@@H]12.N/C=C\NCC1CN(c2ccc(-c3cccnc3)cc2)C(=O)O1. The van der Waals surface area contributed by atoms with Gasteiger partial charge in [-0.3, -0.25) is 9.88 Å². The first-order valence-electron chi connectivity index (χ1n) is 11.3. The molecule has 1 aliphatic carbocycles. The summed E-state index contributed by atoms with van der Waals surface area (Å²) in [6, 6.07) is 13.9. The predicted octanol–water partition coefficient (Wildman–Crippen LogP) is 3.52. The van der Waals surface area contributed by atoms with Crippen molar-refractivity contribution in [2.75, 3.05) is 31.2 Å². The minimum Gasteiger partial charge on any atom is -0.442 e. The first-order chi connectivity index (χ1) is 16.2. The molecule has 1 aromatic heterocycles. The Hall–Kier alpha value is -3.57. The number of nitriles is 1. The lowest BCUT2D eigenvalue weighted by Gasteiger charge is -2.13. The standard InChI is InChI=1S/C17H18N4O2.C6H7NO.C2H6/c18-7-9-20-11-16-12-21(17(22)23-16)15-5-3-13(4-6-15)14-2-1-8-19-10-14;7-1-4-5-2-8-3-6(4)5;1-2/h1-10,16,20H,11-12,18H2;4-6H,2-3H2;1-2H3/b9-7-;;/t;4?,5-,6+;. The van der Waals surface area contributed by atoms with Crippen molar-refractivity contribution >= 4 is 11.8 Å². The molecular weight excluding hydrogens is 418 g/mol. The van der Waals surface area contributed by atoms with E-state index in [1.165, 1.54) is 6.20 Å². The molecule has 3 aliphatic rings. The van der Waals surface area contributed by atoms with Gasteiger partial charge in [0.2, 0.25) is 0 Å². The molecule has 0 spiro atoms. The van der Waals surface area contributed by atoms with Gasteiger partial charge in [0.25, 0.3) is 0 Å². The van der Waals surface area contributed by atoms with Crippen molar-refractivity contribution < 1.29 is 14.3 Å². The van der Waals surface area contributed by atoms with E-state index < -0.39 is 0 Å². The topological polar surface area (TPSA) is 113 Å². The third-order valence-corrected chi connectivity index (χ3v) is 5.71. The Bertz CT molecular complexity index is 948. The fourth-order valence-electron chi connectivity index (χ4n) is 3.90. The molecule has 3 N–H and O–H groups in total. The number of carbonyl (C=O) groups is 1. The van der Waals surface area contributed by atoms with Gasteiger partial charge >= 0.3 is 6.09 Å². The zero-order valence-electron chi connectivity index (χ0n) is 19.1. The maximum Gasteiger partial charge on any atom is 0.414 e. The number of amides is 1. The zero-order chi connectivity index (χ0) is 23.6. The van der Waals surface area contributed by atoms with Crippen LogP contribution in [0.5, 0.6) is 0 Å². The van der Waals surface area contributed by atoms with Gasteiger partial charge in [0, 0.05) is 42.3 Å². The maximum atomic E-state index is 12.0. The van der Waals surface area contributed by atoms with E-state index in [1.807, 2.05) is 56.4 Å². The van der Waals surface area contributed by atoms with Crippen molar-refractivity contribution in [2.24, 2.45) is 23.5 Å².